The Morgan fingerprint density at radius 2 is 1.89 bits per heavy atom. The number of hydrogen-bond donors (Lipinski definition) is 1. The van der Waals surface area contributed by atoms with E-state index in [1.54, 1.807) is 24.3 Å². The van der Waals surface area contributed by atoms with Crippen molar-refractivity contribution in [1.29, 1.82) is 0 Å². The van der Waals surface area contributed by atoms with E-state index in [4.69, 9.17) is 4.74 Å². The van der Waals surface area contributed by atoms with Crippen molar-refractivity contribution in [3.63, 3.8) is 0 Å². The zero-order valence-electron chi connectivity index (χ0n) is 16.8. The van der Waals surface area contributed by atoms with Gasteiger partial charge in [0.15, 0.2) is 0 Å². The number of likely N-dealkylation sites (tertiary alicyclic amines) is 1. The van der Waals surface area contributed by atoms with Crippen molar-refractivity contribution in [2.45, 2.75) is 45.7 Å². The second-order valence-corrected chi connectivity index (χ2v) is 7.63. The molecule has 28 heavy (non-hydrogen) atoms. The molecule has 5 nitrogen and oxygen atoms in total. The van der Waals surface area contributed by atoms with E-state index < -0.39 is 0 Å². The fraction of sp³-hybridized carbons (Fsp3) is 0.391. The molecule has 1 fully saturated rings. The van der Waals surface area contributed by atoms with E-state index in [9.17, 15) is 9.59 Å². The number of carbonyl (C=O) groups is 2. The SMILES string of the molecule is Cc1cccc(C(=O)N2CCCC2COc2ccc(C(=O)NC(C)C)cc2)c1. The van der Waals surface area contributed by atoms with Gasteiger partial charge in [-0.15, -0.1) is 0 Å². The molecule has 1 atom stereocenters. The molecule has 5 heteroatoms. The van der Waals surface area contributed by atoms with Crippen LogP contribution in [0.15, 0.2) is 48.5 Å². The Hall–Kier alpha value is -2.82. The molecule has 1 heterocycles. The van der Waals surface area contributed by atoms with Crippen LogP contribution in [0, 0.1) is 6.92 Å². The van der Waals surface area contributed by atoms with Gasteiger partial charge < -0.3 is 15.0 Å². The normalized spacial score (nSPS) is 16.3. The van der Waals surface area contributed by atoms with Crippen LogP contribution >= 0.6 is 0 Å². The van der Waals surface area contributed by atoms with Gasteiger partial charge in [0.05, 0.1) is 6.04 Å². The minimum atomic E-state index is -0.0905. The molecule has 2 amide bonds. The summed E-state index contributed by atoms with van der Waals surface area (Å²) in [6.07, 6.45) is 1.92. The fourth-order valence-corrected chi connectivity index (χ4v) is 3.46. The molecule has 1 N–H and O–H groups in total. The first-order chi connectivity index (χ1) is 13.4. The number of aryl methyl sites for hydroxylation is 1. The summed E-state index contributed by atoms with van der Waals surface area (Å²) in [5.74, 6) is 0.679. The van der Waals surface area contributed by atoms with Crippen LogP contribution in [-0.4, -0.2) is 41.9 Å². The summed E-state index contributed by atoms with van der Waals surface area (Å²) < 4.78 is 5.92. The predicted octanol–water partition coefficient (Wildman–Crippen LogP) is 3.82. The van der Waals surface area contributed by atoms with Gasteiger partial charge in [0.25, 0.3) is 11.8 Å². The van der Waals surface area contributed by atoms with Gasteiger partial charge in [-0.1, -0.05) is 17.7 Å². The topological polar surface area (TPSA) is 58.6 Å². The van der Waals surface area contributed by atoms with Crippen LogP contribution in [0.3, 0.4) is 0 Å². The van der Waals surface area contributed by atoms with Crippen molar-refractivity contribution in [3.8, 4) is 5.75 Å². The number of hydrogen-bond acceptors (Lipinski definition) is 3. The Balaban J connectivity index is 1.59. The third kappa shape index (κ3) is 4.91. The van der Waals surface area contributed by atoms with Crippen LogP contribution in [0.5, 0.6) is 5.75 Å². The number of benzene rings is 2. The zero-order valence-corrected chi connectivity index (χ0v) is 16.8. The van der Waals surface area contributed by atoms with E-state index in [1.165, 1.54) is 0 Å². The Morgan fingerprint density at radius 3 is 2.57 bits per heavy atom. The lowest BCUT2D eigenvalue weighted by Crippen LogP contribution is -2.39. The largest absolute Gasteiger partial charge is 0.491 e. The van der Waals surface area contributed by atoms with Crippen LogP contribution in [-0.2, 0) is 0 Å². The summed E-state index contributed by atoms with van der Waals surface area (Å²) in [5.41, 5.74) is 2.42. The summed E-state index contributed by atoms with van der Waals surface area (Å²) in [6.45, 7) is 7.07. The molecule has 3 rings (SSSR count). The van der Waals surface area contributed by atoms with E-state index in [0.29, 0.717) is 17.9 Å². The summed E-state index contributed by atoms with van der Waals surface area (Å²) in [7, 11) is 0. The van der Waals surface area contributed by atoms with Gasteiger partial charge in [-0.25, -0.2) is 0 Å². The highest BCUT2D eigenvalue weighted by atomic mass is 16.5. The van der Waals surface area contributed by atoms with E-state index in [2.05, 4.69) is 5.32 Å². The Morgan fingerprint density at radius 1 is 1.14 bits per heavy atom. The molecule has 0 aromatic heterocycles. The molecule has 2 aromatic carbocycles. The smallest absolute Gasteiger partial charge is 0.254 e. The number of amides is 2. The molecule has 1 unspecified atom stereocenters. The van der Waals surface area contributed by atoms with Gasteiger partial charge in [-0.05, 0) is 70.0 Å². The van der Waals surface area contributed by atoms with E-state index >= 15 is 0 Å². The Labute approximate surface area is 166 Å². The lowest BCUT2D eigenvalue weighted by molar-refractivity contribution is 0.0691. The van der Waals surface area contributed by atoms with Crippen LogP contribution in [0.4, 0.5) is 0 Å². The van der Waals surface area contributed by atoms with E-state index in [0.717, 1.165) is 30.5 Å². The van der Waals surface area contributed by atoms with Gasteiger partial charge in [-0.3, -0.25) is 9.59 Å². The van der Waals surface area contributed by atoms with E-state index in [-0.39, 0.29) is 23.9 Å². The second kappa shape index (κ2) is 8.91. The van der Waals surface area contributed by atoms with Gasteiger partial charge in [-0.2, -0.15) is 0 Å². The highest BCUT2D eigenvalue weighted by molar-refractivity contribution is 5.95. The van der Waals surface area contributed by atoms with Gasteiger partial charge in [0.1, 0.15) is 12.4 Å². The Kier molecular flexibility index (Phi) is 6.34. The molecule has 0 bridgehead atoms. The monoisotopic (exact) mass is 380 g/mol. The van der Waals surface area contributed by atoms with Crippen molar-refractivity contribution in [2.24, 2.45) is 0 Å². The summed E-state index contributed by atoms with van der Waals surface area (Å²) in [4.78, 5) is 26.8. The number of nitrogens with zero attached hydrogens (tertiary/aromatic N) is 1. The van der Waals surface area contributed by atoms with Gasteiger partial charge in [0, 0.05) is 23.7 Å². The second-order valence-electron chi connectivity index (χ2n) is 7.63. The molecule has 148 valence electrons. The maximum atomic E-state index is 12.9. The van der Waals surface area contributed by atoms with Crippen molar-refractivity contribution < 1.29 is 14.3 Å². The van der Waals surface area contributed by atoms with Crippen LogP contribution < -0.4 is 10.1 Å². The molecule has 1 aliphatic heterocycles. The molecular weight excluding hydrogens is 352 g/mol. The van der Waals surface area contributed by atoms with Crippen molar-refractivity contribution in [2.75, 3.05) is 13.2 Å². The maximum Gasteiger partial charge on any atom is 0.254 e. The lowest BCUT2D eigenvalue weighted by Gasteiger charge is -2.25. The average Bonchev–Trinajstić information content (AvgIpc) is 3.14. The molecule has 0 spiro atoms. The van der Waals surface area contributed by atoms with Crippen LogP contribution in [0.2, 0.25) is 0 Å². The first kappa shape index (κ1) is 19.9. The molecule has 2 aromatic rings. The molecule has 1 aliphatic rings. The lowest BCUT2D eigenvalue weighted by atomic mass is 10.1. The highest BCUT2D eigenvalue weighted by Crippen LogP contribution is 2.22. The molecule has 0 radical (unpaired) electrons. The van der Waals surface area contributed by atoms with E-state index in [1.807, 2.05) is 49.9 Å². The quantitative estimate of drug-likeness (QED) is 0.829. The third-order valence-electron chi connectivity index (χ3n) is 4.88. The predicted molar refractivity (Wildman–Crippen MR) is 110 cm³/mol. The first-order valence-corrected chi connectivity index (χ1v) is 9.85. The van der Waals surface area contributed by atoms with Crippen molar-refractivity contribution in [3.05, 3.63) is 65.2 Å². The number of nitrogens with one attached hydrogen (secondary N) is 1. The minimum Gasteiger partial charge on any atom is -0.491 e. The standard InChI is InChI=1S/C23H28N2O3/c1-16(2)24-22(26)18-9-11-21(12-10-18)28-15-20-8-5-13-25(20)23(27)19-7-4-6-17(3)14-19/h4,6-7,9-12,14,16,20H,5,8,13,15H2,1-3H3,(H,24,26). The van der Waals surface area contributed by atoms with Gasteiger partial charge >= 0.3 is 0 Å². The fourth-order valence-electron chi connectivity index (χ4n) is 3.46. The number of carbonyl (C=O) groups excluding carboxylic acids is 2. The minimum absolute atomic E-state index is 0.0653. The number of rotatable bonds is 6. The first-order valence-electron chi connectivity index (χ1n) is 9.85. The van der Waals surface area contributed by atoms with Crippen LogP contribution in [0.25, 0.3) is 0 Å². The average molecular weight is 380 g/mol. The Bertz CT molecular complexity index is 830. The molecular formula is C23H28N2O3. The van der Waals surface area contributed by atoms with Crippen molar-refractivity contribution >= 4 is 11.8 Å². The molecule has 0 aliphatic carbocycles. The zero-order chi connectivity index (χ0) is 20.1. The van der Waals surface area contributed by atoms with Crippen molar-refractivity contribution in [1.82, 2.24) is 10.2 Å². The summed E-state index contributed by atoms with van der Waals surface area (Å²) in [5, 5.41) is 2.87. The highest BCUT2D eigenvalue weighted by Gasteiger charge is 2.30. The maximum absolute atomic E-state index is 12.9. The molecule has 1 saturated heterocycles. The third-order valence-corrected chi connectivity index (χ3v) is 4.88. The summed E-state index contributed by atoms with van der Waals surface area (Å²) in [6, 6.07) is 15.0. The van der Waals surface area contributed by atoms with Crippen LogP contribution in [0.1, 0.15) is 53.0 Å². The number of ether oxygens (including phenoxy) is 1. The van der Waals surface area contributed by atoms with Gasteiger partial charge in [0.2, 0.25) is 0 Å². The summed E-state index contributed by atoms with van der Waals surface area (Å²) >= 11 is 0. The molecule has 0 saturated carbocycles.